The molecule has 4 rings (SSSR count). The van der Waals surface area contributed by atoms with E-state index in [1.165, 1.54) is 12.1 Å². The van der Waals surface area contributed by atoms with Crippen molar-refractivity contribution in [3.63, 3.8) is 0 Å². The molecule has 0 bridgehead atoms. The molecule has 2 saturated heterocycles. The van der Waals surface area contributed by atoms with Crippen LogP contribution in [0.4, 0.5) is 13.2 Å². The van der Waals surface area contributed by atoms with Crippen LogP contribution in [-0.4, -0.2) is 39.5 Å². The Morgan fingerprint density at radius 2 is 1.82 bits per heavy atom. The number of amides is 1. The van der Waals surface area contributed by atoms with Crippen molar-refractivity contribution in [1.29, 1.82) is 0 Å². The Morgan fingerprint density at radius 3 is 2.45 bits per heavy atom. The second-order valence-corrected chi connectivity index (χ2v) is 10.7. The van der Waals surface area contributed by atoms with E-state index in [1.807, 2.05) is 0 Å². The average molecular weight is 502 g/mol. The normalized spacial score (nSPS) is 23.2. The first kappa shape index (κ1) is 24.0. The van der Waals surface area contributed by atoms with E-state index in [-0.39, 0.29) is 28.3 Å². The van der Waals surface area contributed by atoms with Gasteiger partial charge in [0, 0.05) is 12.6 Å². The lowest BCUT2D eigenvalue weighted by Gasteiger charge is -2.25. The van der Waals surface area contributed by atoms with Gasteiger partial charge >= 0.3 is 6.18 Å². The summed E-state index contributed by atoms with van der Waals surface area (Å²) < 4.78 is 64.2. The van der Waals surface area contributed by atoms with Crippen LogP contribution in [0.2, 0.25) is 5.02 Å². The van der Waals surface area contributed by atoms with Gasteiger partial charge < -0.3 is 16.0 Å². The van der Waals surface area contributed by atoms with Gasteiger partial charge in [0.05, 0.1) is 26.4 Å². The largest absolute Gasteiger partial charge is 0.417 e. The zero-order chi connectivity index (χ0) is 23.8. The zero-order valence-electron chi connectivity index (χ0n) is 17.5. The van der Waals surface area contributed by atoms with Crippen molar-refractivity contribution in [3.05, 3.63) is 58.6 Å². The van der Waals surface area contributed by atoms with Gasteiger partial charge in [-0.15, -0.1) is 0 Å². The minimum atomic E-state index is -4.67. The Labute approximate surface area is 194 Å². The first-order chi connectivity index (χ1) is 15.6. The highest BCUT2D eigenvalue weighted by atomic mass is 35.5. The first-order valence-electron chi connectivity index (χ1n) is 10.5. The molecule has 0 spiro atoms. The molecule has 0 saturated carbocycles. The van der Waals surface area contributed by atoms with E-state index in [0.29, 0.717) is 23.6 Å². The van der Waals surface area contributed by atoms with Crippen molar-refractivity contribution >= 4 is 27.3 Å². The lowest BCUT2D eigenvalue weighted by atomic mass is 9.94. The topological polar surface area (TPSA) is 87.3 Å². The van der Waals surface area contributed by atoms with E-state index in [2.05, 4.69) is 16.0 Å². The van der Waals surface area contributed by atoms with Crippen LogP contribution in [0.5, 0.6) is 0 Å². The number of alkyl halides is 3. The molecule has 1 amide bonds. The number of hydrogen-bond acceptors (Lipinski definition) is 5. The number of carbonyl (C=O) groups excluding carboxylic acids is 1. The summed E-state index contributed by atoms with van der Waals surface area (Å²) in [5.74, 6) is 0.346. The fourth-order valence-corrected chi connectivity index (χ4v) is 5.97. The molecule has 3 atom stereocenters. The van der Waals surface area contributed by atoms with Crippen molar-refractivity contribution in [2.45, 2.75) is 47.4 Å². The molecule has 178 valence electrons. The van der Waals surface area contributed by atoms with Crippen molar-refractivity contribution in [1.82, 2.24) is 16.0 Å². The summed E-state index contributed by atoms with van der Waals surface area (Å²) in [6.45, 7) is 2.08. The van der Waals surface area contributed by atoms with E-state index < -0.39 is 26.6 Å². The summed E-state index contributed by atoms with van der Waals surface area (Å²) >= 11 is 5.66. The smallest absolute Gasteiger partial charge is 0.351 e. The monoisotopic (exact) mass is 501 g/mol. The molecule has 0 aromatic heterocycles. The number of piperidine rings is 1. The number of carbonyl (C=O) groups is 1. The van der Waals surface area contributed by atoms with E-state index in [0.717, 1.165) is 38.1 Å². The fourth-order valence-electron chi connectivity index (χ4n) is 4.33. The van der Waals surface area contributed by atoms with Gasteiger partial charge in [-0.25, -0.2) is 8.42 Å². The molecule has 2 aromatic rings. The summed E-state index contributed by atoms with van der Waals surface area (Å²) in [4.78, 5) is 12.1. The maximum Gasteiger partial charge on any atom is 0.417 e. The van der Waals surface area contributed by atoms with Crippen LogP contribution in [0.25, 0.3) is 0 Å². The minimum absolute atomic E-state index is 0.0811. The number of benzene rings is 2. The molecule has 6 nitrogen and oxygen atoms in total. The van der Waals surface area contributed by atoms with Gasteiger partial charge in [0.2, 0.25) is 15.7 Å². The van der Waals surface area contributed by atoms with Crippen LogP contribution in [0.1, 0.15) is 24.0 Å². The van der Waals surface area contributed by atoms with Crippen molar-refractivity contribution in [2.75, 3.05) is 13.1 Å². The summed E-state index contributed by atoms with van der Waals surface area (Å²) in [7, 11) is -4.05. The van der Waals surface area contributed by atoms with Gasteiger partial charge in [-0.3, -0.25) is 4.79 Å². The van der Waals surface area contributed by atoms with E-state index >= 15 is 0 Å². The van der Waals surface area contributed by atoms with Gasteiger partial charge in [-0.2, -0.15) is 13.2 Å². The molecule has 0 radical (unpaired) electrons. The van der Waals surface area contributed by atoms with Crippen molar-refractivity contribution < 1.29 is 26.4 Å². The average Bonchev–Trinajstić information content (AvgIpc) is 3.21. The van der Waals surface area contributed by atoms with Crippen molar-refractivity contribution in [3.8, 4) is 0 Å². The van der Waals surface area contributed by atoms with Crippen LogP contribution >= 0.6 is 11.6 Å². The fraction of sp³-hybridized carbons (Fsp3) is 0.409. The lowest BCUT2D eigenvalue weighted by molar-refractivity contribution is -0.137. The maximum atomic E-state index is 12.9. The molecule has 2 aromatic carbocycles. The number of hydrogen-bond donors (Lipinski definition) is 3. The molecular formula is C22H23ClF3N3O3S. The molecule has 2 fully saturated rings. The van der Waals surface area contributed by atoms with Gasteiger partial charge in [-0.1, -0.05) is 23.7 Å². The second-order valence-electron chi connectivity index (χ2n) is 8.32. The number of rotatable bonds is 5. The quantitative estimate of drug-likeness (QED) is 0.586. The maximum absolute atomic E-state index is 12.9. The molecular weight excluding hydrogens is 479 g/mol. The number of sulfone groups is 1. The molecule has 33 heavy (non-hydrogen) atoms. The number of fused-ring (bicyclic) bond motifs is 1. The molecule has 3 unspecified atom stereocenters. The van der Waals surface area contributed by atoms with E-state index in [4.69, 9.17) is 11.6 Å². The molecule has 2 aliphatic rings. The Kier molecular flexibility index (Phi) is 6.73. The Bertz CT molecular complexity index is 1130. The third-order valence-electron chi connectivity index (χ3n) is 6.13. The SMILES string of the molecule is O=C(NCc1ccc(S(=O)(=O)c2ccc(C(F)(F)F)c(Cl)c2)cc1)C1CC2CNCCC2N1. The van der Waals surface area contributed by atoms with Crippen molar-refractivity contribution in [2.24, 2.45) is 5.92 Å². The first-order valence-corrected chi connectivity index (χ1v) is 12.4. The van der Waals surface area contributed by atoms with Crippen LogP contribution < -0.4 is 16.0 Å². The predicted octanol–water partition coefficient (Wildman–Crippen LogP) is 3.15. The third kappa shape index (κ3) is 5.18. The lowest BCUT2D eigenvalue weighted by Crippen LogP contribution is -2.45. The van der Waals surface area contributed by atoms with Gasteiger partial charge in [0.25, 0.3) is 0 Å². The Balaban J connectivity index is 1.39. The third-order valence-corrected chi connectivity index (χ3v) is 8.21. The highest BCUT2D eigenvalue weighted by molar-refractivity contribution is 7.91. The summed E-state index contributed by atoms with van der Waals surface area (Å²) in [5.41, 5.74) is -0.397. The van der Waals surface area contributed by atoms with Crippen LogP contribution in [0.15, 0.2) is 52.3 Å². The Morgan fingerprint density at radius 1 is 1.12 bits per heavy atom. The molecule has 3 N–H and O–H groups in total. The van der Waals surface area contributed by atoms with Gasteiger partial charge in [0.1, 0.15) is 0 Å². The highest BCUT2D eigenvalue weighted by Gasteiger charge is 2.38. The van der Waals surface area contributed by atoms with E-state index in [1.54, 1.807) is 12.1 Å². The molecule has 2 aliphatic heterocycles. The standard InChI is InChI=1S/C22H23ClF3N3O3S/c23-18-10-16(5-6-17(18)22(24,25)26)33(31,32)15-3-1-13(2-4-15)11-28-21(30)20-9-14-12-27-8-7-19(14)29-20/h1-6,10,14,19-20,27,29H,7-9,11-12H2,(H,28,30). The predicted molar refractivity (Wildman–Crippen MR) is 116 cm³/mol. The molecule has 11 heteroatoms. The zero-order valence-corrected chi connectivity index (χ0v) is 19.0. The van der Waals surface area contributed by atoms with Crippen LogP contribution in [0, 0.1) is 5.92 Å². The number of nitrogens with one attached hydrogen (secondary N) is 3. The van der Waals surface area contributed by atoms with Crippen LogP contribution in [-0.2, 0) is 27.4 Å². The van der Waals surface area contributed by atoms with Crippen LogP contribution in [0.3, 0.4) is 0 Å². The minimum Gasteiger partial charge on any atom is -0.351 e. The Hall–Kier alpha value is -2.14. The second kappa shape index (κ2) is 9.25. The van der Waals surface area contributed by atoms with Gasteiger partial charge in [-0.05, 0) is 67.7 Å². The summed E-state index contributed by atoms with van der Waals surface area (Å²) in [6, 6.07) is 8.29. The van der Waals surface area contributed by atoms with E-state index in [9.17, 15) is 26.4 Å². The van der Waals surface area contributed by atoms with Gasteiger partial charge in [0.15, 0.2) is 0 Å². The molecule has 2 heterocycles. The highest BCUT2D eigenvalue weighted by Crippen LogP contribution is 2.36. The summed E-state index contributed by atoms with van der Waals surface area (Å²) in [5, 5.41) is 8.91. The number of halogens is 4. The summed E-state index contributed by atoms with van der Waals surface area (Å²) in [6.07, 6.45) is -2.90. The molecule has 0 aliphatic carbocycles.